The van der Waals surface area contributed by atoms with E-state index in [4.69, 9.17) is 4.74 Å². The molecule has 0 saturated carbocycles. The summed E-state index contributed by atoms with van der Waals surface area (Å²) in [6.45, 7) is 5.84. The largest absolute Gasteiger partial charge is 0.489 e. The standard InChI is InChI=1S/C18H23NO/c1-14-7-6-10-18(15(14)2)20-13-17-9-5-4-8-16(17)11-12-19-3/h4-10,19H,11-13H2,1-3H3. The van der Waals surface area contributed by atoms with Gasteiger partial charge < -0.3 is 10.1 Å². The van der Waals surface area contributed by atoms with Crippen LogP contribution in [0.25, 0.3) is 0 Å². The first-order chi connectivity index (χ1) is 9.72. The topological polar surface area (TPSA) is 21.3 Å². The normalized spacial score (nSPS) is 10.6. The number of hydrogen-bond acceptors (Lipinski definition) is 2. The van der Waals surface area contributed by atoms with Crippen LogP contribution in [0.1, 0.15) is 22.3 Å². The van der Waals surface area contributed by atoms with Gasteiger partial charge in [0.15, 0.2) is 0 Å². The lowest BCUT2D eigenvalue weighted by molar-refractivity contribution is 0.302. The maximum atomic E-state index is 6.00. The van der Waals surface area contributed by atoms with E-state index in [0.29, 0.717) is 6.61 Å². The highest BCUT2D eigenvalue weighted by Gasteiger charge is 2.05. The minimum Gasteiger partial charge on any atom is -0.489 e. The molecule has 0 fully saturated rings. The van der Waals surface area contributed by atoms with Crippen LogP contribution in [0.2, 0.25) is 0 Å². The second kappa shape index (κ2) is 7.11. The zero-order valence-electron chi connectivity index (χ0n) is 12.6. The third kappa shape index (κ3) is 3.61. The Balaban J connectivity index is 2.09. The van der Waals surface area contributed by atoms with E-state index in [2.05, 4.69) is 49.5 Å². The average molecular weight is 269 g/mol. The van der Waals surface area contributed by atoms with Gasteiger partial charge in [0.05, 0.1) is 0 Å². The Kier molecular flexibility index (Phi) is 5.19. The Hall–Kier alpha value is -1.80. The van der Waals surface area contributed by atoms with Gasteiger partial charge >= 0.3 is 0 Å². The van der Waals surface area contributed by atoms with Gasteiger partial charge in [-0.05, 0) is 62.2 Å². The molecule has 0 aliphatic heterocycles. The Morgan fingerprint density at radius 3 is 2.45 bits per heavy atom. The molecule has 2 heteroatoms. The third-order valence-corrected chi connectivity index (χ3v) is 3.70. The average Bonchev–Trinajstić information content (AvgIpc) is 2.47. The number of hydrogen-bond donors (Lipinski definition) is 1. The van der Waals surface area contributed by atoms with Crippen molar-refractivity contribution in [3.8, 4) is 5.75 Å². The van der Waals surface area contributed by atoms with E-state index in [-0.39, 0.29) is 0 Å². The lowest BCUT2D eigenvalue weighted by Crippen LogP contribution is -2.12. The first kappa shape index (κ1) is 14.6. The lowest BCUT2D eigenvalue weighted by atomic mass is 10.1. The molecule has 2 rings (SSSR count). The molecule has 0 aliphatic carbocycles. The Labute approximate surface area is 121 Å². The molecule has 0 radical (unpaired) electrons. The van der Waals surface area contributed by atoms with Crippen molar-refractivity contribution in [1.29, 1.82) is 0 Å². The van der Waals surface area contributed by atoms with Crippen molar-refractivity contribution < 1.29 is 4.74 Å². The van der Waals surface area contributed by atoms with Crippen LogP contribution in [0.5, 0.6) is 5.75 Å². The van der Waals surface area contributed by atoms with Gasteiger partial charge in [0.2, 0.25) is 0 Å². The van der Waals surface area contributed by atoms with Crippen molar-refractivity contribution in [2.24, 2.45) is 0 Å². The molecule has 2 aromatic carbocycles. The SMILES string of the molecule is CNCCc1ccccc1COc1cccc(C)c1C. The van der Waals surface area contributed by atoms with E-state index < -0.39 is 0 Å². The van der Waals surface area contributed by atoms with Gasteiger partial charge in [0.1, 0.15) is 12.4 Å². The molecule has 20 heavy (non-hydrogen) atoms. The molecule has 106 valence electrons. The van der Waals surface area contributed by atoms with Gasteiger partial charge in [0.25, 0.3) is 0 Å². The molecule has 0 heterocycles. The van der Waals surface area contributed by atoms with Gasteiger partial charge in [0, 0.05) is 0 Å². The molecule has 0 aromatic heterocycles. The quantitative estimate of drug-likeness (QED) is 0.864. The summed E-state index contributed by atoms with van der Waals surface area (Å²) in [5, 5.41) is 3.19. The number of rotatable bonds is 6. The van der Waals surface area contributed by atoms with E-state index in [1.54, 1.807) is 0 Å². The summed E-state index contributed by atoms with van der Waals surface area (Å²) in [4.78, 5) is 0. The summed E-state index contributed by atoms with van der Waals surface area (Å²) in [5.41, 5.74) is 5.11. The second-order valence-electron chi connectivity index (χ2n) is 5.11. The van der Waals surface area contributed by atoms with Crippen molar-refractivity contribution in [1.82, 2.24) is 5.32 Å². The molecule has 0 bridgehead atoms. The summed E-state index contributed by atoms with van der Waals surface area (Å²) in [6, 6.07) is 14.7. The smallest absolute Gasteiger partial charge is 0.122 e. The number of benzene rings is 2. The molecule has 0 saturated heterocycles. The zero-order chi connectivity index (χ0) is 14.4. The summed E-state index contributed by atoms with van der Waals surface area (Å²) < 4.78 is 6.00. The fourth-order valence-corrected chi connectivity index (χ4v) is 2.24. The van der Waals surface area contributed by atoms with Crippen molar-refractivity contribution >= 4 is 0 Å². The summed E-state index contributed by atoms with van der Waals surface area (Å²) in [7, 11) is 1.98. The Morgan fingerprint density at radius 2 is 1.70 bits per heavy atom. The van der Waals surface area contributed by atoms with Crippen molar-refractivity contribution in [3.05, 3.63) is 64.7 Å². The minimum atomic E-state index is 0.629. The van der Waals surface area contributed by atoms with Gasteiger partial charge in [-0.1, -0.05) is 36.4 Å². The summed E-state index contributed by atoms with van der Waals surface area (Å²) in [6.07, 6.45) is 1.03. The number of ether oxygens (including phenoxy) is 1. The van der Waals surface area contributed by atoms with E-state index in [1.165, 1.54) is 22.3 Å². The Morgan fingerprint density at radius 1 is 0.950 bits per heavy atom. The maximum absolute atomic E-state index is 6.00. The van der Waals surface area contributed by atoms with Crippen LogP contribution in [0.4, 0.5) is 0 Å². The van der Waals surface area contributed by atoms with Crippen molar-refractivity contribution in [2.75, 3.05) is 13.6 Å². The predicted molar refractivity (Wildman–Crippen MR) is 84.3 cm³/mol. The molecular weight excluding hydrogens is 246 g/mol. The monoisotopic (exact) mass is 269 g/mol. The molecule has 0 unspecified atom stereocenters. The van der Waals surface area contributed by atoms with Gasteiger partial charge in [-0.15, -0.1) is 0 Å². The molecule has 0 spiro atoms. The van der Waals surface area contributed by atoms with Crippen molar-refractivity contribution in [2.45, 2.75) is 26.9 Å². The molecule has 0 amide bonds. The highest BCUT2D eigenvalue weighted by molar-refractivity contribution is 5.38. The van der Waals surface area contributed by atoms with E-state index >= 15 is 0 Å². The summed E-state index contributed by atoms with van der Waals surface area (Å²) >= 11 is 0. The fourth-order valence-electron chi connectivity index (χ4n) is 2.24. The highest BCUT2D eigenvalue weighted by atomic mass is 16.5. The molecule has 2 nitrogen and oxygen atoms in total. The highest BCUT2D eigenvalue weighted by Crippen LogP contribution is 2.22. The fraction of sp³-hybridized carbons (Fsp3) is 0.333. The predicted octanol–water partition coefficient (Wildman–Crippen LogP) is 3.64. The number of nitrogens with one attached hydrogen (secondary N) is 1. The van der Waals surface area contributed by atoms with Crippen LogP contribution < -0.4 is 10.1 Å². The van der Waals surface area contributed by atoms with E-state index in [1.807, 2.05) is 19.2 Å². The van der Waals surface area contributed by atoms with Crippen LogP contribution in [0, 0.1) is 13.8 Å². The van der Waals surface area contributed by atoms with Crippen molar-refractivity contribution in [3.63, 3.8) is 0 Å². The van der Waals surface area contributed by atoms with Crippen LogP contribution in [-0.4, -0.2) is 13.6 Å². The minimum absolute atomic E-state index is 0.629. The number of likely N-dealkylation sites (N-methyl/N-ethyl adjacent to an activating group) is 1. The summed E-state index contributed by atoms with van der Waals surface area (Å²) in [5.74, 6) is 0.980. The van der Waals surface area contributed by atoms with Gasteiger partial charge in [-0.2, -0.15) is 0 Å². The third-order valence-electron chi connectivity index (χ3n) is 3.70. The van der Waals surface area contributed by atoms with Crippen LogP contribution in [0.15, 0.2) is 42.5 Å². The van der Waals surface area contributed by atoms with Gasteiger partial charge in [-0.25, -0.2) is 0 Å². The van der Waals surface area contributed by atoms with Gasteiger partial charge in [-0.3, -0.25) is 0 Å². The lowest BCUT2D eigenvalue weighted by Gasteiger charge is -2.13. The second-order valence-corrected chi connectivity index (χ2v) is 5.11. The number of aryl methyl sites for hydroxylation is 1. The molecule has 2 aromatic rings. The van der Waals surface area contributed by atoms with E-state index in [9.17, 15) is 0 Å². The van der Waals surface area contributed by atoms with Crippen LogP contribution >= 0.6 is 0 Å². The molecule has 1 N–H and O–H groups in total. The van der Waals surface area contributed by atoms with E-state index in [0.717, 1.165) is 18.7 Å². The molecular formula is C18H23NO. The zero-order valence-corrected chi connectivity index (χ0v) is 12.6. The first-order valence-electron chi connectivity index (χ1n) is 7.12. The Bertz CT molecular complexity index is 563. The first-order valence-corrected chi connectivity index (χ1v) is 7.12. The maximum Gasteiger partial charge on any atom is 0.122 e. The van der Waals surface area contributed by atoms with Crippen LogP contribution in [0.3, 0.4) is 0 Å². The van der Waals surface area contributed by atoms with Crippen LogP contribution in [-0.2, 0) is 13.0 Å². The molecule has 0 aliphatic rings. The molecule has 0 atom stereocenters.